The van der Waals surface area contributed by atoms with Gasteiger partial charge in [-0.05, 0) is 45.8 Å². The summed E-state index contributed by atoms with van der Waals surface area (Å²) < 4.78 is 0. The fraction of sp³-hybridized carbons (Fsp3) is 1.00. The summed E-state index contributed by atoms with van der Waals surface area (Å²) in [5.41, 5.74) is 0. The molecule has 0 radical (unpaired) electrons. The lowest BCUT2D eigenvalue weighted by molar-refractivity contribution is 0.0802. The number of hydrogen-bond donors (Lipinski definition) is 0. The molecule has 0 aromatic carbocycles. The lowest BCUT2D eigenvalue weighted by Crippen LogP contribution is -2.53. The summed E-state index contributed by atoms with van der Waals surface area (Å²) in [6, 6.07) is 1.74. The van der Waals surface area contributed by atoms with Gasteiger partial charge in [0.05, 0.1) is 0 Å². The second-order valence-electron chi connectivity index (χ2n) is 5.89. The van der Waals surface area contributed by atoms with Gasteiger partial charge in [-0.1, -0.05) is 0 Å². The van der Waals surface area contributed by atoms with Crippen molar-refractivity contribution in [1.82, 2.24) is 14.7 Å². The molecule has 0 aromatic heterocycles. The van der Waals surface area contributed by atoms with Crippen LogP contribution in [0.25, 0.3) is 0 Å². The van der Waals surface area contributed by atoms with E-state index in [1.165, 1.54) is 65.0 Å². The van der Waals surface area contributed by atoms with Gasteiger partial charge < -0.3 is 9.80 Å². The first-order chi connectivity index (χ1) is 7.83. The van der Waals surface area contributed by atoms with E-state index in [0.29, 0.717) is 0 Å². The summed E-state index contributed by atoms with van der Waals surface area (Å²) in [6.07, 6.45) is 5.73. The van der Waals surface area contributed by atoms with Gasteiger partial charge in [-0.2, -0.15) is 0 Å². The molecule has 92 valence electrons. The summed E-state index contributed by atoms with van der Waals surface area (Å²) >= 11 is 0. The van der Waals surface area contributed by atoms with Crippen LogP contribution in [0.5, 0.6) is 0 Å². The van der Waals surface area contributed by atoms with Crippen molar-refractivity contribution in [3.63, 3.8) is 0 Å². The van der Waals surface area contributed by atoms with Crippen LogP contribution < -0.4 is 0 Å². The maximum atomic E-state index is 2.80. The lowest BCUT2D eigenvalue weighted by Gasteiger charge is -2.39. The first kappa shape index (κ1) is 11.0. The monoisotopic (exact) mass is 223 g/mol. The lowest BCUT2D eigenvalue weighted by atomic mass is 10.2. The van der Waals surface area contributed by atoms with Crippen molar-refractivity contribution < 1.29 is 0 Å². The average Bonchev–Trinajstić information content (AvgIpc) is 2.89. The van der Waals surface area contributed by atoms with Crippen molar-refractivity contribution in [3.05, 3.63) is 0 Å². The predicted octanol–water partition coefficient (Wildman–Crippen LogP) is 0.861. The Hall–Kier alpha value is -0.120. The van der Waals surface area contributed by atoms with E-state index in [1.807, 2.05) is 0 Å². The van der Waals surface area contributed by atoms with Crippen molar-refractivity contribution in [3.8, 4) is 0 Å². The van der Waals surface area contributed by atoms with Gasteiger partial charge >= 0.3 is 0 Å². The Morgan fingerprint density at radius 3 is 2.62 bits per heavy atom. The van der Waals surface area contributed by atoms with E-state index in [9.17, 15) is 0 Å². The molecule has 3 nitrogen and oxygen atoms in total. The van der Waals surface area contributed by atoms with E-state index < -0.39 is 0 Å². The van der Waals surface area contributed by atoms with E-state index >= 15 is 0 Å². The minimum Gasteiger partial charge on any atom is -0.304 e. The SMILES string of the molecule is CN1CCN2C(CCC2CN2CCCC2)C1. The summed E-state index contributed by atoms with van der Waals surface area (Å²) in [4.78, 5) is 7.99. The first-order valence-electron chi connectivity index (χ1n) is 6.99. The molecule has 0 bridgehead atoms. The van der Waals surface area contributed by atoms with Crippen molar-refractivity contribution in [2.24, 2.45) is 0 Å². The second kappa shape index (κ2) is 4.63. The van der Waals surface area contributed by atoms with E-state index in [-0.39, 0.29) is 0 Å². The van der Waals surface area contributed by atoms with Gasteiger partial charge in [0.15, 0.2) is 0 Å². The van der Waals surface area contributed by atoms with E-state index in [0.717, 1.165) is 12.1 Å². The molecule has 2 unspecified atom stereocenters. The number of piperazine rings is 1. The van der Waals surface area contributed by atoms with Crippen LogP contribution in [-0.4, -0.2) is 73.1 Å². The quantitative estimate of drug-likeness (QED) is 0.687. The number of rotatable bonds is 2. The summed E-state index contributed by atoms with van der Waals surface area (Å²) in [7, 11) is 2.27. The molecule has 0 spiro atoms. The molecular formula is C13H25N3. The van der Waals surface area contributed by atoms with Gasteiger partial charge in [-0.3, -0.25) is 4.90 Å². The predicted molar refractivity (Wildman–Crippen MR) is 66.7 cm³/mol. The molecule has 3 heteroatoms. The standard InChI is InChI=1S/C13H25N3/c1-14-8-9-16-12(10-14)4-5-13(16)11-15-6-2-3-7-15/h12-13H,2-11H2,1H3. The zero-order valence-corrected chi connectivity index (χ0v) is 10.6. The highest BCUT2D eigenvalue weighted by atomic mass is 15.3. The molecule has 3 heterocycles. The Morgan fingerprint density at radius 1 is 1.00 bits per heavy atom. The fourth-order valence-electron chi connectivity index (χ4n) is 3.77. The van der Waals surface area contributed by atoms with Crippen LogP contribution in [0.2, 0.25) is 0 Å². The minimum atomic E-state index is 0.867. The molecule has 3 saturated heterocycles. The third-order valence-electron chi connectivity index (χ3n) is 4.70. The van der Waals surface area contributed by atoms with Gasteiger partial charge in [-0.25, -0.2) is 0 Å². The number of nitrogens with zero attached hydrogens (tertiary/aromatic N) is 3. The topological polar surface area (TPSA) is 9.72 Å². The smallest absolute Gasteiger partial charge is 0.0227 e. The highest BCUT2D eigenvalue weighted by Crippen LogP contribution is 2.28. The molecule has 0 aromatic rings. The summed E-state index contributed by atoms with van der Waals surface area (Å²) in [5.74, 6) is 0. The van der Waals surface area contributed by atoms with Crippen LogP contribution in [-0.2, 0) is 0 Å². The van der Waals surface area contributed by atoms with Gasteiger partial charge in [0.2, 0.25) is 0 Å². The van der Waals surface area contributed by atoms with Crippen molar-refractivity contribution in [2.75, 3.05) is 46.3 Å². The van der Waals surface area contributed by atoms with Gasteiger partial charge in [-0.15, -0.1) is 0 Å². The third-order valence-corrected chi connectivity index (χ3v) is 4.70. The van der Waals surface area contributed by atoms with Crippen LogP contribution >= 0.6 is 0 Å². The van der Waals surface area contributed by atoms with Crippen molar-refractivity contribution in [1.29, 1.82) is 0 Å². The van der Waals surface area contributed by atoms with E-state index in [1.54, 1.807) is 0 Å². The Kier molecular flexibility index (Phi) is 3.18. The molecule has 0 amide bonds. The number of likely N-dealkylation sites (tertiary alicyclic amines) is 1. The molecule has 2 atom stereocenters. The van der Waals surface area contributed by atoms with Crippen LogP contribution in [0.15, 0.2) is 0 Å². The molecule has 3 aliphatic rings. The molecule has 16 heavy (non-hydrogen) atoms. The molecule has 0 aliphatic carbocycles. The largest absolute Gasteiger partial charge is 0.304 e. The van der Waals surface area contributed by atoms with E-state index in [4.69, 9.17) is 0 Å². The van der Waals surface area contributed by atoms with Gasteiger partial charge in [0.1, 0.15) is 0 Å². The molecule has 0 saturated carbocycles. The maximum absolute atomic E-state index is 2.80. The van der Waals surface area contributed by atoms with Crippen LogP contribution in [0, 0.1) is 0 Å². The molecule has 3 fully saturated rings. The second-order valence-corrected chi connectivity index (χ2v) is 5.89. The summed E-state index contributed by atoms with van der Waals surface area (Å²) in [6.45, 7) is 7.94. The van der Waals surface area contributed by atoms with Crippen LogP contribution in [0.1, 0.15) is 25.7 Å². The number of fused-ring (bicyclic) bond motifs is 1. The fourth-order valence-corrected chi connectivity index (χ4v) is 3.77. The Balaban J connectivity index is 1.56. The molecule has 3 rings (SSSR count). The van der Waals surface area contributed by atoms with Crippen molar-refractivity contribution in [2.45, 2.75) is 37.8 Å². The van der Waals surface area contributed by atoms with Crippen LogP contribution in [0.3, 0.4) is 0 Å². The van der Waals surface area contributed by atoms with Crippen LogP contribution in [0.4, 0.5) is 0 Å². The highest BCUT2D eigenvalue weighted by Gasteiger charge is 2.37. The Labute approximate surface area is 99.4 Å². The van der Waals surface area contributed by atoms with Gasteiger partial charge in [0, 0.05) is 38.3 Å². The van der Waals surface area contributed by atoms with Crippen molar-refractivity contribution >= 4 is 0 Å². The maximum Gasteiger partial charge on any atom is 0.0227 e. The molecular weight excluding hydrogens is 198 g/mol. The minimum absolute atomic E-state index is 0.867. The summed E-state index contributed by atoms with van der Waals surface area (Å²) in [5, 5.41) is 0. The Bertz CT molecular complexity index is 237. The average molecular weight is 223 g/mol. The Morgan fingerprint density at radius 2 is 1.81 bits per heavy atom. The molecule has 3 aliphatic heterocycles. The van der Waals surface area contributed by atoms with E-state index in [2.05, 4.69) is 21.7 Å². The molecule has 0 N–H and O–H groups in total. The third kappa shape index (κ3) is 2.13. The zero-order valence-electron chi connectivity index (χ0n) is 10.6. The highest BCUT2D eigenvalue weighted by molar-refractivity contribution is 4.93. The normalized spacial score (nSPS) is 38.1. The number of likely N-dealkylation sites (N-methyl/N-ethyl adjacent to an activating group) is 1. The van der Waals surface area contributed by atoms with Gasteiger partial charge in [0.25, 0.3) is 0 Å². The zero-order chi connectivity index (χ0) is 11.0. The first-order valence-corrected chi connectivity index (χ1v) is 6.99. The number of hydrogen-bond acceptors (Lipinski definition) is 3.